The Hall–Kier alpha value is -1.21. The van der Waals surface area contributed by atoms with Crippen LogP contribution < -0.4 is 5.46 Å². The van der Waals surface area contributed by atoms with E-state index >= 15 is 0 Å². The van der Waals surface area contributed by atoms with Gasteiger partial charge in [-0.25, -0.2) is 4.98 Å². The standard InChI is InChI=1S/C16H20BNO3S/c1-15(2)16(3,4)21-17(20-15)12-7-5-6-11(10-12)13(19)14-18-8-9-22-14/h5-10,13,19H,1-4H3. The summed E-state index contributed by atoms with van der Waals surface area (Å²) in [5.74, 6) is 0. The number of nitrogens with zero attached hydrogens (tertiary/aromatic N) is 1. The lowest BCUT2D eigenvalue weighted by atomic mass is 9.78. The van der Waals surface area contributed by atoms with Crippen LogP contribution in [0.4, 0.5) is 0 Å². The van der Waals surface area contributed by atoms with Crippen molar-refractivity contribution in [3.8, 4) is 0 Å². The molecule has 0 bridgehead atoms. The Morgan fingerprint density at radius 3 is 2.45 bits per heavy atom. The zero-order chi connectivity index (χ0) is 16.0. The van der Waals surface area contributed by atoms with Gasteiger partial charge in [0.15, 0.2) is 0 Å². The van der Waals surface area contributed by atoms with E-state index in [-0.39, 0.29) is 11.2 Å². The lowest BCUT2D eigenvalue weighted by Gasteiger charge is -2.32. The van der Waals surface area contributed by atoms with E-state index in [0.29, 0.717) is 5.01 Å². The molecule has 116 valence electrons. The monoisotopic (exact) mass is 317 g/mol. The summed E-state index contributed by atoms with van der Waals surface area (Å²) in [5, 5.41) is 13.0. The summed E-state index contributed by atoms with van der Waals surface area (Å²) in [7, 11) is -0.423. The highest BCUT2D eigenvalue weighted by Crippen LogP contribution is 2.36. The SMILES string of the molecule is CC1(C)OB(c2cccc(C(O)c3nccs3)c2)OC1(C)C. The fraction of sp³-hybridized carbons (Fsp3) is 0.438. The van der Waals surface area contributed by atoms with Crippen LogP contribution in [0, 0.1) is 0 Å². The van der Waals surface area contributed by atoms with Crippen molar-refractivity contribution in [1.82, 2.24) is 4.98 Å². The zero-order valence-corrected chi connectivity index (χ0v) is 14.1. The van der Waals surface area contributed by atoms with Crippen molar-refractivity contribution in [2.24, 2.45) is 0 Å². The van der Waals surface area contributed by atoms with Gasteiger partial charge in [0.2, 0.25) is 0 Å². The average molecular weight is 317 g/mol. The Morgan fingerprint density at radius 1 is 1.18 bits per heavy atom. The van der Waals surface area contributed by atoms with E-state index in [4.69, 9.17) is 9.31 Å². The molecule has 0 radical (unpaired) electrons. The molecule has 4 nitrogen and oxygen atoms in total. The van der Waals surface area contributed by atoms with Gasteiger partial charge in [-0.2, -0.15) is 0 Å². The topological polar surface area (TPSA) is 51.6 Å². The molecular weight excluding hydrogens is 297 g/mol. The molecule has 0 saturated carbocycles. The third-order valence-corrected chi connectivity index (χ3v) is 5.27. The van der Waals surface area contributed by atoms with Gasteiger partial charge in [0.25, 0.3) is 0 Å². The number of aliphatic hydroxyl groups excluding tert-OH is 1. The van der Waals surface area contributed by atoms with Gasteiger partial charge in [0.1, 0.15) is 11.1 Å². The first-order valence-electron chi connectivity index (χ1n) is 7.33. The van der Waals surface area contributed by atoms with Crippen LogP contribution in [-0.2, 0) is 9.31 Å². The Bertz CT molecular complexity index is 641. The maximum atomic E-state index is 10.4. The fourth-order valence-electron chi connectivity index (χ4n) is 2.37. The largest absolute Gasteiger partial charge is 0.494 e. The number of hydrogen-bond acceptors (Lipinski definition) is 5. The van der Waals surface area contributed by atoms with Crippen LogP contribution in [-0.4, -0.2) is 28.4 Å². The molecule has 1 aliphatic heterocycles. The molecule has 2 aromatic rings. The molecule has 22 heavy (non-hydrogen) atoms. The van der Waals surface area contributed by atoms with Crippen molar-refractivity contribution >= 4 is 23.9 Å². The molecule has 0 spiro atoms. The van der Waals surface area contributed by atoms with Gasteiger partial charge >= 0.3 is 7.12 Å². The minimum atomic E-state index is -0.720. The first kappa shape index (κ1) is 15.7. The van der Waals surface area contributed by atoms with E-state index in [9.17, 15) is 5.11 Å². The zero-order valence-electron chi connectivity index (χ0n) is 13.2. The second-order valence-corrected chi connectivity index (χ2v) is 7.46. The first-order valence-corrected chi connectivity index (χ1v) is 8.21. The summed E-state index contributed by atoms with van der Waals surface area (Å²) in [6, 6.07) is 7.68. The van der Waals surface area contributed by atoms with Gasteiger partial charge in [-0.05, 0) is 38.7 Å². The van der Waals surface area contributed by atoms with Crippen LogP contribution in [0.2, 0.25) is 0 Å². The number of thiazole rings is 1. The smallest absolute Gasteiger partial charge is 0.399 e. The maximum Gasteiger partial charge on any atom is 0.494 e. The van der Waals surface area contributed by atoms with Crippen molar-refractivity contribution < 1.29 is 14.4 Å². The van der Waals surface area contributed by atoms with Crippen LogP contribution in [0.15, 0.2) is 35.8 Å². The molecule has 1 unspecified atom stereocenters. The summed E-state index contributed by atoms with van der Waals surface area (Å²) in [4.78, 5) is 4.17. The van der Waals surface area contributed by atoms with Crippen LogP contribution in [0.3, 0.4) is 0 Å². The molecule has 2 heterocycles. The molecule has 1 aliphatic rings. The molecular formula is C16H20BNO3S. The van der Waals surface area contributed by atoms with Crippen molar-refractivity contribution in [1.29, 1.82) is 0 Å². The summed E-state index contributed by atoms with van der Waals surface area (Å²) in [6.45, 7) is 8.12. The molecule has 6 heteroatoms. The minimum absolute atomic E-state index is 0.373. The lowest BCUT2D eigenvalue weighted by molar-refractivity contribution is 0.00578. The normalized spacial score (nSPS) is 21.0. The number of hydrogen-bond donors (Lipinski definition) is 1. The van der Waals surface area contributed by atoms with E-state index in [1.54, 1.807) is 6.20 Å². The van der Waals surface area contributed by atoms with Crippen molar-refractivity contribution in [2.45, 2.75) is 45.0 Å². The van der Waals surface area contributed by atoms with Gasteiger partial charge in [-0.1, -0.05) is 24.3 Å². The molecule has 1 aromatic carbocycles. The predicted octanol–water partition coefficient (Wildman–Crippen LogP) is 2.52. The average Bonchev–Trinajstić information content (AvgIpc) is 3.05. The van der Waals surface area contributed by atoms with Crippen LogP contribution in [0.1, 0.15) is 44.4 Å². The van der Waals surface area contributed by atoms with E-state index < -0.39 is 13.2 Å². The molecule has 1 aromatic heterocycles. The molecule has 0 amide bonds. The van der Waals surface area contributed by atoms with Crippen LogP contribution in [0.5, 0.6) is 0 Å². The lowest BCUT2D eigenvalue weighted by Crippen LogP contribution is -2.41. The Labute approximate surface area is 135 Å². The quantitative estimate of drug-likeness (QED) is 0.884. The highest BCUT2D eigenvalue weighted by Gasteiger charge is 2.51. The Balaban J connectivity index is 1.87. The van der Waals surface area contributed by atoms with Crippen molar-refractivity contribution in [3.63, 3.8) is 0 Å². The maximum absolute atomic E-state index is 10.4. The predicted molar refractivity (Wildman–Crippen MR) is 88.3 cm³/mol. The van der Waals surface area contributed by atoms with E-state index in [0.717, 1.165) is 11.0 Å². The van der Waals surface area contributed by atoms with Gasteiger partial charge in [0, 0.05) is 11.6 Å². The molecule has 3 rings (SSSR count). The van der Waals surface area contributed by atoms with Crippen LogP contribution in [0.25, 0.3) is 0 Å². The number of rotatable bonds is 3. The van der Waals surface area contributed by atoms with Gasteiger partial charge in [-0.3, -0.25) is 0 Å². The Kier molecular flexibility index (Phi) is 3.89. The summed E-state index contributed by atoms with van der Waals surface area (Å²) >= 11 is 1.44. The fourth-order valence-corrected chi connectivity index (χ4v) is 3.01. The van der Waals surface area contributed by atoms with Crippen LogP contribution >= 0.6 is 11.3 Å². The highest BCUT2D eigenvalue weighted by molar-refractivity contribution is 7.09. The summed E-state index contributed by atoms with van der Waals surface area (Å²) in [5.41, 5.74) is 0.956. The number of aromatic nitrogens is 1. The molecule has 1 saturated heterocycles. The number of aliphatic hydroxyl groups is 1. The molecule has 0 aliphatic carbocycles. The Morgan fingerprint density at radius 2 is 1.86 bits per heavy atom. The van der Waals surface area contributed by atoms with E-state index in [1.165, 1.54) is 11.3 Å². The summed E-state index contributed by atoms with van der Waals surface area (Å²) < 4.78 is 12.1. The molecule has 1 atom stereocenters. The second kappa shape index (κ2) is 5.46. The number of benzene rings is 1. The third kappa shape index (κ3) is 2.72. The van der Waals surface area contributed by atoms with Crippen molar-refractivity contribution in [2.75, 3.05) is 0 Å². The third-order valence-electron chi connectivity index (χ3n) is 4.44. The van der Waals surface area contributed by atoms with Crippen molar-refractivity contribution in [3.05, 3.63) is 46.4 Å². The molecule has 1 N–H and O–H groups in total. The highest BCUT2D eigenvalue weighted by atomic mass is 32.1. The van der Waals surface area contributed by atoms with E-state index in [1.807, 2.05) is 57.3 Å². The minimum Gasteiger partial charge on any atom is -0.399 e. The van der Waals surface area contributed by atoms with Gasteiger partial charge < -0.3 is 14.4 Å². The molecule has 1 fully saturated rings. The second-order valence-electron chi connectivity index (χ2n) is 6.53. The summed E-state index contributed by atoms with van der Waals surface area (Å²) in [6.07, 6.45) is 0.976. The van der Waals surface area contributed by atoms with E-state index in [2.05, 4.69) is 4.98 Å². The van der Waals surface area contributed by atoms with Gasteiger partial charge in [0.05, 0.1) is 11.2 Å². The van der Waals surface area contributed by atoms with Gasteiger partial charge in [-0.15, -0.1) is 11.3 Å². The first-order chi connectivity index (χ1) is 10.3.